The molecule has 2 aliphatic heterocycles. The second-order valence-electron chi connectivity index (χ2n) is 13.7. The summed E-state index contributed by atoms with van der Waals surface area (Å²) >= 11 is 0. The summed E-state index contributed by atoms with van der Waals surface area (Å²) in [4.78, 5) is 0. The quantitative estimate of drug-likeness (QED) is 0.388. The topological polar surface area (TPSA) is 65.4 Å². The molecule has 0 saturated carbocycles. The number of hydrogen-bond donors (Lipinski definition) is 2. The van der Waals surface area contributed by atoms with Gasteiger partial charge in [-0.3, -0.25) is 0 Å². The van der Waals surface area contributed by atoms with Crippen LogP contribution in [0.5, 0.6) is 11.5 Å². The molecule has 2 saturated heterocycles. The van der Waals surface area contributed by atoms with Crippen molar-refractivity contribution < 1.29 is 19.9 Å². The van der Waals surface area contributed by atoms with E-state index < -0.39 is 0 Å². The fourth-order valence-electron chi connectivity index (χ4n) is 6.60. The number of piperidine rings is 2. The van der Waals surface area contributed by atoms with E-state index in [-0.39, 0.29) is 41.3 Å². The average molecular weight is 527 g/mol. The van der Waals surface area contributed by atoms with Crippen molar-refractivity contribution in [1.82, 2.24) is 10.1 Å². The van der Waals surface area contributed by atoms with Gasteiger partial charge in [0.25, 0.3) is 0 Å². The predicted octanol–water partition coefficient (Wildman–Crippen LogP) is 7.55. The first kappa shape index (κ1) is 29.1. The Morgan fingerprint density at radius 3 is 1.71 bits per heavy atom. The Bertz CT molecular complexity index is 1080. The molecule has 0 amide bonds. The molecule has 2 aromatic rings. The summed E-state index contributed by atoms with van der Waals surface area (Å²) in [5.41, 5.74) is -0.720. The van der Waals surface area contributed by atoms with E-state index in [9.17, 15) is 10.4 Å². The van der Waals surface area contributed by atoms with E-state index in [1.54, 1.807) is 10.1 Å². The van der Waals surface area contributed by atoms with Gasteiger partial charge in [-0.1, -0.05) is 53.7 Å². The molecule has 0 bridgehead atoms. The number of nitrogens with zero attached hydrogens (tertiary/aromatic N) is 2. The highest BCUT2D eigenvalue weighted by Gasteiger charge is 2.50. The molecule has 0 aliphatic carbocycles. The monoisotopic (exact) mass is 526 g/mol. The number of benzene rings is 2. The van der Waals surface area contributed by atoms with Crippen LogP contribution in [0.4, 0.5) is 0 Å². The summed E-state index contributed by atoms with van der Waals surface area (Å²) in [7, 11) is 0. The van der Waals surface area contributed by atoms with Crippen LogP contribution in [0.15, 0.2) is 36.4 Å². The average Bonchev–Trinajstić information content (AvgIpc) is 2.82. The number of rotatable bonds is 7. The lowest BCUT2D eigenvalue weighted by molar-refractivity contribution is -0.271. The molecule has 4 rings (SSSR count). The SMILES string of the molecule is CC(C)C1CC(Oc2ccc3ccc(OC4CC(C)(C)N(O)C(C)(C(C)C)C4)cc3c2)CC(C(C)C)N1O. The molecule has 0 spiro atoms. The van der Waals surface area contributed by atoms with Gasteiger partial charge in [-0.15, -0.1) is 0 Å². The fourth-order valence-corrected chi connectivity index (χ4v) is 6.60. The van der Waals surface area contributed by atoms with Crippen molar-refractivity contribution in [2.24, 2.45) is 17.8 Å². The highest BCUT2D eigenvalue weighted by atomic mass is 16.5. The first-order valence-electron chi connectivity index (χ1n) is 14.5. The molecule has 6 nitrogen and oxygen atoms in total. The van der Waals surface area contributed by atoms with E-state index in [0.717, 1.165) is 48.0 Å². The Morgan fingerprint density at radius 1 is 0.737 bits per heavy atom. The van der Waals surface area contributed by atoms with E-state index in [4.69, 9.17) is 9.47 Å². The second-order valence-corrected chi connectivity index (χ2v) is 13.7. The van der Waals surface area contributed by atoms with Crippen molar-refractivity contribution in [2.75, 3.05) is 0 Å². The fraction of sp³-hybridized carbons (Fsp3) is 0.688. The molecule has 212 valence electrons. The summed E-state index contributed by atoms with van der Waals surface area (Å²) in [6, 6.07) is 12.7. The van der Waals surface area contributed by atoms with Crippen LogP contribution in [0.2, 0.25) is 0 Å². The smallest absolute Gasteiger partial charge is 0.120 e. The lowest BCUT2D eigenvalue weighted by Gasteiger charge is -2.54. The lowest BCUT2D eigenvalue weighted by atomic mass is 9.73. The van der Waals surface area contributed by atoms with Crippen molar-refractivity contribution in [3.05, 3.63) is 36.4 Å². The van der Waals surface area contributed by atoms with E-state index in [1.807, 2.05) is 6.07 Å². The molecule has 2 fully saturated rings. The minimum atomic E-state index is -0.369. The van der Waals surface area contributed by atoms with Gasteiger partial charge in [-0.2, -0.15) is 10.1 Å². The van der Waals surface area contributed by atoms with E-state index in [0.29, 0.717) is 11.8 Å². The molecule has 2 heterocycles. The largest absolute Gasteiger partial charge is 0.490 e. The summed E-state index contributed by atoms with van der Waals surface area (Å²) in [5.74, 6) is 2.70. The first-order valence-corrected chi connectivity index (χ1v) is 14.5. The van der Waals surface area contributed by atoms with Gasteiger partial charge >= 0.3 is 0 Å². The van der Waals surface area contributed by atoms with Crippen molar-refractivity contribution in [3.8, 4) is 11.5 Å². The van der Waals surface area contributed by atoms with Crippen LogP contribution in [0, 0.1) is 17.8 Å². The minimum absolute atomic E-state index is 0.0160. The maximum absolute atomic E-state index is 11.0. The zero-order chi connectivity index (χ0) is 28.0. The molecule has 4 unspecified atom stereocenters. The number of hydrogen-bond acceptors (Lipinski definition) is 6. The van der Waals surface area contributed by atoms with Gasteiger partial charge in [0.1, 0.15) is 23.7 Å². The number of hydroxylamine groups is 4. The third-order valence-electron chi connectivity index (χ3n) is 9.29. The van der Waals surface area contributed by atoms with E-state index in [1.165, 1.54) is 0 Å². The summed E-state index contributed by atoms with van der Waals surface area (Å²) in [5, 5.41) is 27.2. The summed E-state index contributed by atoms with van der Waals surface area (Å²) in [6.45, 7) is 19.3. The van der Waals surface area contributed by atoms with Gasteiger partial charge in [-0.05, 0) is 73.6 Å². The molecule has 0 aromatic heterocycles. The maximum atomic E-state index is 11.0. The van der Waals surface area contributed by atoms with Crippen LogP contribution < -0.4 is 9.47 Å². The third-order valence-corrected chi connectivity index (χ3v) is 9.29. The van der Waals surface area contributed by atoms with Gasteiger partial charge < -0.3 is 19.9 Å². The number of fused-ring (bicyclic) bond motifs is 1. The third kappa shape index (κ3) is 5.84. The van der Waals surface area contributed by atoms with Gasteiger partial charge in [0.2, 0.25) is 0 Å². The molecule has 38 heavy (non-hydrogen) atoms. The Kier molecular flexibility index (Phi) is 8.40. The summed E-state index contributed by atoms with van der Waals surface area (Å²) in [6.07, 6.45) is 3.23. The Hall–Kier alpha value is -1.86. The Morgan fingerprint density at radius 2 is 1.24 bits per heavy atom. The molecule has 2 N–H and O–H groups in total. The zero-order valence-corrected chi connectivity index (χ0v) is 24.9. The van der Waals surface area contributed by atoms with Crippen molar-refractivity contribution in [3.63, 3.8) is 0 Å². The van der Waals surface area contributed by atoms with Crippen LogP contribution in [0.3, 0.4) is 0 Å². The second kappa shape index (κ2) is 11.0. The highest BCUT2D eigenvalue weighted by Crippen LogP contribution is 2.43. The van der Waals surface area contributed by atoms with Crippen LogP contribution in [0.1, 0.15) is 88.0 Å². The molecule has 4 atom stereocenters. The predicted molar refractivity (Wildman–Crippen MR) is 153 cm³/mol. The van der Waals surface area contributed by atoms with Crippen molar-refractivity contribution >= 4 is 10.8 Å². The van der Waals surface area contributed by atoms with Gasteiger partial charge in [0, 0.05) is 48.8 Å². The van der Waals surface area contributed by atoms with Crippen molar-refractivity contribution in [1.29, 1.82) is 0 Å². The standard InChI is InChI=1S/C32H50N2O4/c1-20(2)29-16-27(17-30(21(3)4)33(29)35)37-25-12-10-23-11-13-26(15-24(23)14-25)38-28-18-31(7,8)34(36)32(9,19-28)22(5)6/h10-15,20-22,27-30,35-36H,16-19H2,1-9H3. The lowest BCUT2D eigenvalue weighted by Crippen LogP contribution is -2.64. The number of ether oxygens (including phenoxy) is 2. The Labute approximate surface area is 229 Å². The molecular formula is C32H50N2O4. The van der Waals surface area contributed by atoms with E-state index >= 15 is 0 Å². The molecule has 0 radical (unpaired) electrons. The molecule has 2 aliphatic rings. The van der Waals surface area contributed by atoms with Gasteiger partial charge in [0.05, 0.1) is 0 Å². The minimum Gasteiger partial charge on any atom is -0.490 e. The highest BCUT2D eigenvalue weighted by molar-refractivity contribution is 5.85. The molecule has 6 heteroatoms. The molecular weight excluding hydrogens is 476 g/mol. The summed E-state index contributed by atoms with van der Waals surface area (Å²) < 4.78 is 13.1. The zero-order valence-electron chi connectivity index (χ0n) is 24.9. The normalized spacial score (nSPS) is 30.9. The van der Waals surface area contributed by atoms with Crippen LogP contribution >= 0.6 is 0 Å². The van der Waals surface area contributed by atoms with Crippen molar-refractivity contribution in [2.45, 2.75) is 123 Å². The van der Waals surface area contributed by atoms with Crippen LogP contribution in [0.25, 0.3) is 10.8 Å². The van der Waals surface area contributed by atoms with Gasteiger partial charge in [-0.25, -0.2) is 0 Å². The van der Waals surface area contributed by atoms with E-state index in [2.05, 4.69) is 92.6 Å². The van der Waals surface area contributed by atoms with Gasteiger partial charge in [0.15, 0.2) is 0 Å². The van der Waals surface area contributed by atoms with Crippen LogP contribution in [-0.2, 0) is 0 Å². The first-order chi connectivity index (χ1) is 17.7. The maximum Gasteiger partial charge on any atom is 0.120 e. The molecule has 2 aromatic carbocycles. The van der Waals surface area contributed by atoms with Crippen LogP contribution in [-0.4, -0.2) is 55.9 Å². The Balaban J connectivity index is 1.52.